The molecule has 2 aromatic rings. The molecule has 1 amide bonds. The summed E-state index contributed by atoms with van der Waals surface area (Å²) >= 11 is 0. The highest BCUT2D eigenvalue weighted by Crippen LogP contribution is 2.50. The zero-order valence-electron chi connectivity index (χ0n) is 13.0. The molecule has 6 heteroatoms. The van der Waals surface area contributed by atoms with Gasteiger partial charge in [-0.3, -0.25) is 4.79 Å². The zero-order valence-corrected chi connectivity index (χ0v) is 13.0. The van der Waals surface area contributed by atoms with E-state index in [1.165, 1.54) is 0 Å². The normalized spacial score (nSPS) is 20.0. The summed E-state index contributed by atoms with van der Waals surface area (Å²) in [6.45, 7) is 3.81. The summed E-state index contributed by atoms with van der Waals surface area (Å²) < 4.78 is 0. The molecule has 2 fully saturated rings. The van der Waals surface area contributed by atoms with Gasteiger partial charge in [-0.2, -0.15) is 0 Å². The Morgan fingerprint density at radius 1 is 1.45 bits per heavy atom. The van der Waals surface area contributed by atoms with E-state index in [0.717, 1.165) is 42.8 Å². The van der Waals surface area contributed by atoms with Gasteiger partial charge in [0.15, 0.2) is 0 Å². The largest absolute Gasteiger partial charge is 0.356 e. The molecule has 1 saturated heterocycles. The smallest absolute Gasteiger partial charge is 0.222 e. The van der Waals surface area contributed by atoms with E-state index in [2.05, 4.69) is 26.9 Å². The van der Waals surface area contributed by atoms with Gasteiger partial charge < -0.3 is 14.8 Å². The Kier molecular flexibility index (Phi) is 2.89. The second kappa shape index (κ2) is 4.69. The fourth-order valence-electron chi connectivity index (χ4n) is 3.95. The van der Waals surface area contributed by atoms with Crippen molar-refractivity contribution in [3.8, 4) is 0 Å². The molecular weight excluding hydrogens is 278 g/mol. The molecule has 22 heavy (non-hydrogen) atoms. The van der Waals surface area contributed by atoms with Crippen LogP contribution in [0.1, 0.15) is 26.2 Å². The highest BCUT2D eigenvalue weighted by Gasteiger charge is 2.54. The third kappa shape index (κ3) is 1.90. The Labute approximate surface area is 129 Å². The summed E-state index contributed by atoms with van der Waals surface area (Å²) in [4.78, 5) is 27.8. The Balaban J connectivity index is 1.43. The van der Waals surface area contributed by atoms with Crippen molar-refractivity contribution in [1.29, 1.82) is 0 Å². The van der Waals surface area contributed by atoms with Crippen molar-refractivity contribution in [2.24, 2.45) is 5.41 Å². The highest BCUT2D eigenvalue weighted by atomic mass is 16.2. The molecule has 0 atom stereocenters. The lowest BCUT2D eigenvalue weighted by molar-refractivity contribution is -0.150. The number of anilines is 1. The number of aromatic amines is 1. The van der Waals surface area contributed by atoms with Crippen LogP contribution in [0.5, 0.6) is 0 Å². The minimum atomic E-state index is 0.285. The second-order valence-electron chi connectivity index (χ2n) is 6.71. The van der Waals surface area contributed by atoms with Crippen molar-refractivity contribution in [3.63, 3.8) is 0 Å². The summed E-state index contributed by atoms with van der Waals surface area (Å²) in [6, 6.07) is 2.53. The van der Waals surface area contributed by atoms with E-state index in [1.54, 1.807) is 6.33 Å². The number of nitrogens with one attached hydrogen (secondary N) is 1. The minimum Gasteiger partial charge on any atom is -0.356 e. The number of hydrogen-bond acceptors (Lipinski definition) is 4. The summed E-state index contributed by atoms with van der Waals surface area (Å²) in [6.07, 6.45) is 6.43. The summed E-state index contributed by atoms with van der Waals surface area (Å²) in [5, 5.41) is 1.07. The minimum absolute atomic E-state index is 0.285. The molecule has 1 aliphatic carbocycles. The van der Waals surface area contributed by atoms with E-state index < -0.39 is 0 Å². The Bertz CT molecular complexity index is 710. The van der Waals surface area contributed by atoms with Gasteiger partial charge in [-0.25, -0.2) is 9.97 Å². The van der Waals surface area contributed by atoms with Crippen LogP contribution in [0.2, 0.25) is 0 Å². The predicted molar refractivity (Wildman–Crippen MR) is 84.6 cm³/mol. The molecule has 4 rings (SSSR count). The van der Waals surface area contributed by atoms with Crippen molar-refractivity contribution in [2.45, 2.75) is 32.2 Å². The number of fused-ring (bicyclic) bond motifs is 1. The highest BCUT2D eigenvalue weighted by molar-refractivity contribution is 5.87. The number of carbonyl (C=O) groups excluding carboxylic acids is 1. The molecule has 116 valence electrons. The molecule has 0 radical (unpaired) electrons. The van der Waals surface area contributed by atoms with Crippen LogP contribution < -0.4 is 4.90 Å². The summed E-state index contributed by atoms with van der Waals surface area (Å²) in [7, 11) is 2.11. The van der Waals surface area contributed by atoms with E-state index in [4.69, 9.17) is 0 Å². The van der Waals surface area contributed by atoms with Crippen molar-refractivity contribution in [1.82, 2.24) is 19.9 Å². The lowest BCUT2D eigenvalue weighted by Crippen LogP contribution is -2.67. The Hall–Kier alpha value is -2.11. The SMILES string of the molecule is CCC(=O)N1CC2(CC(N(C)c3ncnc4[nH]ccc34)C2)C1. The van der Waals surface area contributed by atoms with Gasteiger partial charge in [0.05, 0.1) is 5.39 Å². The molecule has 1 N–H and O–H groups in total. The fraction of sp³-hybridized carbons (Fsp3) is 0.562. The number of H-pyrrole nitrogens is 1. The molecule has 1 aliphatic heterocycles. The van der Waals surface area contributed by atoms with Crippen molar-refractivity contribution in [2.75, 3.05) is 25.0 Å². The standard InChI is InChI=1S/C16H21N5O/c1-3-13(22)21-8-16(9-21)6-11(7-16)20(2)15-12-4-5-17-14(12)18-10-19-15/h4-5,10-11H,3,6-9H2,1-2H3,(H,17,18,19). The van der Waals surface area contributed by atoms with Crippen LogP contribution in [0.25, 0.3) is 11.0 Å². The van der Waals surface area contributed by atoms with Gasteiger partial charge >= 0.3 is 0 Å². The summed E-state index contributed by atoms with van der Waals surface area (Å²) in [5.41, 5.74) is 1.25. The topological polar surface area (TPSA) is 65.1 Å². The quantitative estimate of drug-likeness (QED) is 0.938. The number of nitrogens with zero attached hydrogens (tertiary/aromatic N) is 4. The number of aromatic nitrogens is 3. The lowest BCUT2D eigenvalue weighted by Gasteiger charge is -2.60. The van der Waals surface area contributed by atoms with Crippen LogP contribution in [-0.4, -0.2) is 51.9 Å². The van der Waals surface area contributed by atoms with Crippen molar-refractivity contribution in [3.05, 3.63) is 18.6 Å². The van der Waals surface area contributed by atoms with Gasteiger partial charge in [-0.15, -0.1) is 0 Å². The molecule has 2 aromatic heterocycles. The van der Waals surface area contributed by atoms with Gasteiger partial charge in [-0.1, -0.05) is 6.92 Å². The maximum Gasteiger partial charge on any atom is 0.222 e. The monoisotopic (exact) mass is 299 g/mol. The van der Waals surface area contributed by atoms with Crippen LogP contribution >= 0.6 is 0 Å². The van der Waals surface area contributed by atoms with E-state index in [-0.39, 0.29) is 5.91 Å². The van der Waals surface area contributed by atoms with E-state index in [0.29, 0.717) is 17.9 Å². The molecule has 0 aromatic carbocycles. The fourth-order valence-corrected chi connectivity index (χ4v) is 3.95. The predicted octanol–water partition coefficient (Wildman–Crippen LogP) is 1.80. The lowest BCUT2D eigenvalue weighted by atomic mass is 9.60. The van der Waals surface area contributed by atoms with Gasteiger partial charge in [0.25, 0.3) is 0 Å². The first-order valence-corrected chi connectivity index (χ1v) is 7.90. The van der Waals surface area contributed by atoms with E-state index in [1.807, 2.05) is 24.1 Å². The van der Waals surface area contributed by atoms with Gasteiger partial charge in [0.2, 0.25) is 5.91 Å². The first-order chi connectivity index (χ1) is 10.6. The van der Waals surface area contributed by atoms with Crippen LogP contribution in [0.3, 0.4) is 0 Å². The van der Waals surface area contributed by atoms with E-state index >= 15 is 0 Å². The number of amides is 1. The number of carbonyl (C=O) groups is 1. The first-order valence-electron chi connectivity index (χ1n) is 7.90. The maximum absolute atomic E-state index is 11.7. The van der Waals surface area contributed by atoms with E-state index in [9.17, 15) is 4.79 Å². The number of likely N-dealkylation sites (tertiary alicyclic amines) is 1. The average Bonchev–Trinajstić information content (AvgIpc) is 2.91. The van der Waals surface area contributed by atoms with Crippen molar-refractivity contribution < 1.29 is 4.79 Å². The average molecular weight is 299 g/mol. The molecular formula is C16H21N5O. The van der Waals surface area contributed by atoms with Crippen LogP contribution in [0.15, 0.2) is 18.6 Å². The zero-order chi connectivity index (χ0) is 15.3. The van der Waals surface area contributed by atoms with Gasteiger partial charge in [-0.05, 0) is 18.9 Å². The third-order valence-electron chi connectivity index (χ3n) is 5.26. The maximum atomic E-state index is 11.7. The molecule has 1 spiro atoms. The molecule has 0 bridgehead atoms. The molecule has 1 saturated carbocycles. The van der Waals surface area contributed by atoms with Crippen LogP contribution in [0.4, 0.5) is 5.82 Å². The first kappa shape index (κ1) is 13.5. The van der Waals surface area contributed by atoms with Gasteiger partial charge in [0, 0.05) is 44.2 Å². The molecule has 6 nitrogen and oxygen atoms in total. The third-order valence-corrected chi connectivity index (χ3v) is 5.26. The van der Waals surface area contributed by atoms with Gasteiger partial charge in [0.1, 0.15) is 17.8 Å². The molecule has 2 aliphatic rings. The number of hydrogen-bond donors (Lipinski definition) is 1. The van der Waals surface area contributed by atoms with Crippen LogP contribution in [-0.2, 0) is 4.79 Å². The Morgan fingerprint density at radius 3 is 2.95 bits per heavy atom. The summed E-state index contributed by atoms with van der Waals surface area (Å²) in [5.74, 6) is 1.28. The van der Waals surface area contributed by atoms with Crippen molar-refractivity contribution >= 4 is 22.8 Å². The Morgan fingerprint density at radius 2 is 2.23 bits per heavy atom. The van der Waals surface area contributed by atoms with Crippen LogP contribution in [0, 0.1) is 5.41 Å². The number of rotatable bonds is 3. The molecule has 0 unspecified atom stereocenters. The second-order valence-corrected chi connectivity index (χ2v) is 6.71. The molecule has 3 heterocycles.